The summed E-state index contributed by atoms with van der Waals surface area (Å²) in [6, 6.07) is 0. The van der Waals surface area contributed by atoms with Gasteiger partial charge >= 0.3 is 0 Å². The van der Waals surface area contributed by atoms with Gasteiger partial charge in [0.05, 0.1) is 12.7 Å². The number of hydrogen-bond donors (Lipinski definition) is 2. The largest absolute Gasteiger partial charge is 0.338 e. The van der Waals surface area contributed by atoms with E-state index >= 15 is 0 Å². The highest BCUT2D eigenvalue weighted by molar-refractivity contribution is 5.72. The number of amides is 1. The molecule has 0 aromatic carbocycles. The first-order valence-corrected chi connectivity index (χ1v) is 9.79. The summed E-state index contributed by atoms with van der Waals surface area (Å²) in [5, 5.41) is 6.58. The first kappa shape index (κ1) is 20.8. The van der Waals surface area contributed by atoms with Gasteiger partial charge < -0.3 is 10.6 Å². The fourth-order valence-electron chi connectivity index (χ4n) is 3.63. The van der Waals surface area contributed by atoms with Gasteiger partial charge in [0.15, 0.2) is 12.3 Å². The number of nitrogens with zero attached hydrogens (tertiary/aromatic N) is 1. The maximum absolute atomic E-state index is 11.4. The molecule has 1 rings (SSSR count). The monoisotopic (exact) mass is 336 g/mol. The summed E-state index contributed by atoms with van der Waals surface area (Å²) in [6.45, 7) is 9.11. The number of carbonyl (C=O) groups excluding carboxylic acids is 1. The van der Waals surface area contributed by atoms with Gasteiger partial charge in [-0.1, -0.05) is 38.3 Å². The van der Waals surface area contributed by atoms with Crippen molar-refractivity contribution < 1.29 is 9.28 Å². The van der Waals surface area contributed by atoms with Crippen molar-refractivity contribution in [3.05, 3.63) is 24.6 Å². The smallest absolute Gasteiger partial charge is 0.221 e. The average molecular weight is 337 g/mol. The van der Waals surface area contributed by atoms with Crippen LogP contribution in [0.4, 0.5) is 0 Å². The third-order valence-electron chi connectivity index (χ3n) is 5.12. The van der Waals surface area contributed by atoms with Crippen LogP contribution in [-0.4, -0.2) is 29.3 Å². The molecule has 0 saturated carbocycles. The number of allylic oxidation sites excluding steroid dienone is 2. The Balaban J connectivity index is 2.32. The van der Waals surface area contributed by atoms with Crippen LogP contribution in [0.25, 0.3) is 0 Å². The van der Waals surface area contributed by atoms with Crippen LogP contribution in [0.1, 0.15) is 79.1 Å². The second kappa shape index (κ2) is 11.3. The van der Waals surface area contributed by atoms with E-state index in [0.29, 0.717) is 6.17 Å². The maximum atomic E-state index is 11.4. The molecule has 138 valence electrons. The van der Waals surface area contributed by atoms with Crippen LogP contribution in [0.15, 0.2) is 24.6 Å². The van der Waals surface area contributed by atoms with Gasteiger partial charge in [0.2, 0.25) is 5.91 Å². The SMILES string of the molecule is CCC/C=C/CCCCCCC1NC=C[N+]1(CC)C(C)NC(C)=O. The van der Waals surface area contributed by atoms with Gasteiger partial charge in [0, 0.05) is 20.3 Å². The third kappa shape index (κ3) is 6.31. The zero-order valence-corrected chi connectivity index (χ0v) is 16.2. The standard InChI is InChI=1S/C20H37N3O/c1-5-7-8-9-10-11-12-13-14-15-20-21-16-17-23(20,6-2)18(3)22-19(4)24/h8-9,16-18,20-21H,5-7,10-15H2,1-4H3/p+1/b9-8+. The summed E-state index contributed by atoms with van der Waals surface area (Å²) in [4.78, 5) is 11.4. The molecule has 3 atom stereocenters. The molecule has 3 unspecified atom stereocenters. The van der Waals surface area contributed by atoms with Gasteiger partial charge in [-0.25, -0.2) is 0 Å². The number of rotatable bonds is 12. The summed E-state index contributed by atoms with van der Waals surface area (Å²) in [6.07, 6.45) is 19.4. The molecule has 0 spiro atoms. The van der Waals surface area contributed by atoms with Crippen molar-refractivity contribution in [2.24, 2.45) is 0 Å². The van der Waals surface area contributed by atoms with Crippen molar-refractivity contribution in [2.75, 3.05) is 6.54 Å². The Morgan fingerprint density at radius 1 is 1.21 bits per heavy atom. The van der Waals surface area contributed by atoms with Gasteiger partial charge in [-0.15, -0.1) is 0 Å². The molecule has 1 aliphatic rings. The molecule has 1 amide bonds. The van der Waals surface area contributed by atoms with E-state index in [1.165, 1.54) is 44.9 Å². The molecular weight excluding hydrogens is 298 g/mol. The summed E-state index contributed by atoms with van der Waals surface area (Å²) in [7, 11) is 0. The van der Waals surface area contributed by atoms with Crippen LogP contribution in [0.5, 0.6) is 0 Å². The first-order valence-electron chi connectivity index (χ1n) is 9.79. The molecule has 0 aromatic rings. The van der Waals surface area contributed by atoms with Gasteiger partial charge in [-0.05, 0) is 32.6 Å². The van der Waals surface area contributed by atoms with E-state index in [1.54, 1.807) is 6.92 Å². The van der Waals surface area contributed by atoms with E-state index in [-0.39, 0.29) is 12.1 Å². The molecular formula is C20H38N3O+. The van der Waals surface area contributed by atoms with E-state index in [2.05, 4.69) is 56.0 Å². The fourth-order valence-corrected chi connectivity index (χ4v) is 3.63. The number of hydrogen-bond acceptors (Lipinski definition) is 2. The normalized spacial score (nSPS) is 24.2. The Hall–Kier alpha value is -1.29. The van der Waals surface area contributed by atoms with E-state index in [1.807, 2.05) is 0 Å². The van der Waals surface area contributed by atoms with Gasteiger partial charge in [0.25, 0.3) is 0 Å². The lowest BCUT2D eigenvalue weighted by molar-refractivity contribution is -0.923. The molecule has 0 aliphatic carbocycles. The second-order valence-corrected chi connectivity index (χ2v) is 6.94. The van der Waals surface area contributed by atoms with Crippen molar-refractivity contribution >= 4 is 5.91 Å². The zero-order valence-electron chi connectivity index (χ0n) is 16.2. The lowest BCUT2D eigenvalue weighted by Gasteiger charge is -2.41. The summed E-state index contributed by atoms with van der Waals surface area (Å²) in [5.74, 6) is 0.0450. The molecule has 1 aliphatic heterocycles. The minimum atomic E-state index is 0.0450. The Kier molecular flexibility index (Phi) is 9.77. The van der Waals surface area contributed by atoms with Gasteiger partial charge in [-0.3, -0.25) is 9.28 Å². The molecule has 0 fully saturated rings. The summed E-state index contributed by atoms with van der Waals surface area (Å²) >= 11 is 0. The minimum absolute atomic E-state index is 0.0450. The highest BCUT2D eigenvalue weighted by Gasteiger charge is 2.41. The molecule has 4 heteroatoms. The number of nitrogens with one attached hydrogen (secondary N) is 2. The zero-order chi connectivity index (χ0) is 17.8. The van der Waals surface area contributed by atoms with E-state index in [4.69, 9.17) is 0 Å². The maximum Gasteiger partial charge on any atom is 0.221 e. The van der Waals surface area contributed by atoms with Crippen molar-refractivity contribution in [1.29, 1.82) is 0 Å². The van der Waals surface area contributed by atoms with Crippen molar-refractivity contribution in [3.63, 3.8) is 0 Å². The molecule has 0 bridgehead atoms. The van der Waals surface area contributed by atoms with Crippen LogP contribution < -0.4 is 10.6 Å². The molecule has 4 nitrogen and oxygen atoms in total. The predicted octanol–water partition coefficient (Wildman–Crippen LogP) is 4.40. The number of quaternary nitrogens is 1. The summed E-state index contributed by atoms with van der Waals surface area (Å²) < 4.78 is 0.805. The van der Waals surface area contributed by atoms with Crippen LogP contribution >= 0.6 is 0 Å². The average Bonchev–Trinajstić information content (AvgIpc) is 2.97. The van der Waals surface area contributed by atoms with Crippen LogP contribution in [0, 0.1) is 0 Å². The number of carbonyl (C=O) groups is 1. The number of unbranched alkanes of at least 4 members (excludes halogenated alkanes) is 5. The Morgan fingerprint density at radius 2 is 1.92 bits per heavy atom. The van der Waals surface area contributed by atoms with E-state index < -0.39 is 0 Å². The molecule has 24 heavy (non-hydrogen) atoms. The van der Waals surface area contributed by atoms with Crippen molar-refractivity contribution in [2.45, 2.75) is 91.4 Å². The highest BCUT2D eigenvalue weighted by atomic mass is 16.1. The van der Waals surface area contributed by atoms with Crippen LogP contribution in [0.3, 0.4) is 0 Å². The Morgan fingerprint density at radius 3 is 2.58 bits per heavy atom. The molecule has 2 N–H and O–H groups in total. The third-order valence-corrected chi connectivity index (χ3v) is 5.12. The van der Waals surface area contributed by atoms with Gasteiger partial charge in [-0.2, -0.15) is 0 Å². The molecule has 0 radical (unpaired) electrons. The van der Waals surface area contributed by atoms with Crippen LogP contribution in [-0.2, 0) is 4.79 Å². The van der Waals surface area contributed by atoms with Gasteiger partial charge in [0.1, 0.15) is 6.20 Å². The minimum Gasteiger partial charge on any atom is -0.338 e. The lowest BCUT2D eigenvalue weighted by atomic mass is 10.1. The molecule has 0 saturated heterocycles. The fraction of sp³-hybridized carbons (Fsp3) is 0.750. The quantitative estimate of drug-likeness (QED) is 0.315. The van der Waals surface area contributed by atoms with Crippen molar-refractivity contribution in [3.8, 4) is 0 Å². The van der Waals surface area contributed by atoms with E-state index in [9.17, 15) is 4.79 Å². The predicted molar refractivity (Wildman–Crippen MR) is 102 cm³/mol. The topological polar surface area (TPSA) is 41.1 Å². The Labute approximate surface area is 149 Å². The highest BCUT2D eigenvalue weighted by Crippen LogP contribution is 2.26. The lowest BCUT2D eigenvalue weighted by Crippen LogP contribution is -2.62. The summed E-state index contributed by atoms with van der Waals surface area (Å²) in [5.41, 5.74) is 0. The van der Waals surface area contributed by atoms with Crippen molar-refractivity contribution in [1.82, 2.24) is 10.6 Å². The Bertz CT molecular complexity index is 419. The van der Waals surface area contributed by atoms with E-state index in [0.717, 1.165) is 17.4 Å². The molecule has 1 heterocycles. The molecule has 0 aromatic heterocycles. The van der Waals surface area contributed by atoms with Crippen LogP contribution in [0.2, 0.25) is 0 Å². The second-order valence-electron chi connectivity index (χ2n) is 6.94. The first-order chi connectivity index (χ1) is 11.6.